The monoisotopic (exact) mass is 431 g/mol. The summed E-state index contributed by atoms with van der Waals surface area (Å²) in [5, 5.41) is 6.75. The van der Waals surface area contributed by atoms with E-state index in [1.54, 1.807) is 6.92 Å². The molecule has 3 aromatic rings. The number of halogens is 3. The summed E-state index contributed by atoms with van der Waals surface area (Å²) in [6.45, 7) is 2.01. The van der Waals surface area contributed by atoms with Crippen LogP contribution in [0.1, 0.15) is 39.5 Å². The minimum atomic E-state index is -4.47. The van der Waals surface area contributed by atoms with Crippen LogP contribution in [0.5, 0.6) is 0 Å². The summed E-state index contributed by atoms with van der Waals surface area (Å²) < 4.78 is 40.0. The van der Waals surface area contributed by atoms with Gasteiger partial charge in [0, 0.05) is 12.2 Å². The Hall–Kier alpha value is -3.96. The van der Waals surface area contributed by atoms with Gasteiger partial charge in [0.15, 0.2) is 5.69 Å². The zero-order chi connectivity index (χ0) is 22.3. The number of carbonyl (C=O) groups is 2. The number of rotatable bonds is 3. The fraction of sp³-hybridized carbons (Fsp3) is 0.211. The number of hydrogen-bond donors (Lipinski definition) is 2. The molecule has 1 aliphatic heterocycles. The van der Waals surface area contributed by atoms with Gasteiger partial charge in [-0.2, -0.15) is 18.3 Å². The number of anilines is 3. The molecule has 12 heteroatoms. The van der Waals surface area contributed by atoms with Crippen LogP contribution in [0, 0.1) is 0 Å². The Labute approximate surface area is 173 Å². The van der Waals surface area contributed by atoms with Crippen LogP contribution in [0.15, 0.2) is 42.9 Å². The van der Waals surface area contributed by atoms with Gasteiger partial charge >= 0.3 is 6.18 Å². The molecule has 2 aromatic heterocycles. The Bertz CT molecular complexity index is 1140. The first-order chi connectivity index (χ1) is 14.6. The highest BCUT2D eigenvalue weighted by atomic mass is 19.4. The van der Waals surface area contributed by atoms with Crippen molar-refractivity contribution in [3.05, 3.63) is 59.8 Å². The summed E-state index contributed by atoms with van der Waals surface area (Å²) in [4.78, 5) is 34.6. The Balaban J connectivity index is 1.62. The molecule has 1 aromatic carbocycles. The fourth-order valence-corrected chi connectivity index (χ4v) is 3.25. The first-order valence-electron chi connectivity index (χ1n) is 9.10. The number of aromatic nitrogens is 4. The number of amides is 2. The number of nitrogens with two attached hydrogens (primary N) is 1. The quantitative estimate of drug-likeness (QED) is 0.658. The van der Waals surface area contributed by atoms with Crippen molar-refractivity contribution in [3.63, 3.8) is 0 Å². The second kappa shape index (κ2) is 7.38. The zero-order valence-corrected chi connectivity index (χ0v) is 16.1. The maximum atomic E-state index is 13.1. The largest absolute Gasteiger partial charge is 0.416 e. The molecule has 0 saturated heterocycles. The maximum Gasteiger partial charge on any atom is 0.416 e. The van der Waals surface area contributed by atoms with Crippen molar-refractivity contribution in [2.75, 3.05) is 22.5 Å². The van der Waals surface area contributed by atoms with Crippen molar-refractivity contribution < 1.29 is 22.8 Å². The Morgan fingerprint density at radius 2 is 1.87 bits per heavy atom. The second-order valence-corrected chi connectivity index (χ2v) is 6.94. The van der Waals surface area contributed by atoms with Gasteiger partial charge in [0.05, 0.1) is 35.9 Å². The zero-order valence-electron chi connectivity index (χ0n) is 16.1. The van der Waals surface area contributed by atoms with Gasteiger partial charge in [-0.25, -0.2) is 9.97 Å². The molecule has 4 rings (SSSR count). The highest BCUT2D eigenvalue weighted by molar-refractivity contribution is 6.12. The van der Waals surface area contributed by atoms with E-state index in [2.05, 4.69) is 20.4 Å². The molecule has 0 spiro atoms. The topological polar surface area (TPSA) is 119 Å². The van der Waals surface area contributed by atoms with Gasteiger partial charge in [-0.15, -0.1) is 0 Å². The van der Waals surface area contributed by atoms with Crippen LogP contribution >= 0.6 is 0 Å². The number of alkyl halides is 3. The number of carbonyl (C=O) groups excluding carboxylic acids is 2. The Kier molecular flexibility index (Phi) is 4.84. The molecule has 0 aliphatic carbocycles. The highest BCUT2D eigenvalue weighted by Gasteiger charge is 2.35. The lowest BCUT2D eigenvalue weighted by Gasteiger charge is -2.32. The molecule has 3 heterocycles. The third-order valence-electron chi connectivity index (χ3n) is 4.77. The van der Waals surface area contributed by atoms with E-state index in [0.717, 1.165) is 12.1 Å². The summed E-state index contributed by atoms with van der Waals surface area (Å²) in [7, 11) is 0. The number of nitrogens with zero attached hydrogens (tertiary/aromatic N) is 5. The Morgan fingerprint density at radius 3 is 2.48 bits per heavy atom. The van der Waals surface area contributed by atoms with Crippen molar-refractivity contribution in [1.29, 1.82) is 0 Å². The van der Waals surface area contributed by atoms with Crippen molar-refractivity contribution in [3.8, 4) is 0 Å². The van der Waals surface area contributed by atoms with Crippen molar-refractivity contribution in [2.45, 2.75) is 19.1 Å². The lowest BCUT2D eigenvalue weighted by atomic mass is 10.1. The second-order valence-electron chi connectivity index (χ2n) is 6.94. The van der Waals surface area contributed by atoms with Crippen molar-refractivity contribution in [1.82, 2.24) is 19.7 Å². The van der Waals surface area contributed by atoms with Gasteiger partial charge in [-0.3, -0.25) is 14.3 Å². The molecule has 2 amide bonds. The molecular formula is C19H16F3N7O2. The summed E-state index contributed by atoms with van der Waals surface area (Å²) in [5.74, 6) is -0.972. The molecule has 0 fully saturated rings. The van der Waals surface area contributed by atoms with E-state index < -0.39 is 23.6 Å². The molecule has 1 aliphatic rings. The standard InChI is InChI=1S/C19H16F3N7O2/c1-10-9-28(12-4-2-11(3-5-12)19(20,21)22)18(31)16-13(7-26-29(10)16)27-17(30)14-6-25-15(23)8-24-14/h2-8,10H,9H2,1H3,(H2,23,25)(H,27,30)/t10-/m0/s1. The fourth-order valence-electron chi connectivity index (χ4n) is 3.25. The first-order valence-corrected chi connectivity index (χ1v) is 9.10. The average molecular weight is 431 g/mol. The summed E-state index contributed by atoms with van der Waals surface area (Å²) in [6.07, 6.45) is -0.719. The number of hydrogen-bond acceptors (Lipinski definition) is 6. The van der Waals surface area contributed by atoms with Crippen molar-refractivity contribution in [2.24, 2.45) is 0 Å². The SMILES string of the molecule is C[C@H]1CN(c2ccc(C(F)(F)F)cc2)C(=O)c2c(NC(=O)c3cnc(N)cn3)cnn21. The van der Waals surface area contributed by atoms with E-state index in [0.29, 0.717) is 5.69 Å². The third-order valence-corrected chi connectivity index (χ3v) is 4.77. The number of nitrogen functional groups attached to an aromatic ring is 1. The molecule has 31 heavy (non-hydrogen) atoms. The molecule has 1 atom stereocenters. The van der Waals surface area contributed by atoms with E-state index in [9.17, 15) is 22.8 Å². The number of nitrogens with one attached hydrogen (secondary N) is 1. The minimum absolute atomic E-state index is 0.00921. The lowest BCUT2D eigenvalue weighted by Crippen LogP contribution is -2.43. The molecule has 3 N–H and O–H groups in total. The first kappa shape index (κ1) is 20.3. The van der Waals surface area contributed by atoms with E-state index in [1.165, 1.54) is 40.3 Å². The van der Waals surface area contributed by atoms with Gasteiger partial charge in [-0.1, -0.05) is 0 Å². The van der Waals surface area contributed by atoms with Crippen molar-refractivity contribution >= 4 is 29.0 Å². The van der Waals surface area contributed by atoms with E-state index in [4.69, 9.17) is 5.73 Å². The highest BCUT2D eigenvalue weighted by Crippen LogP contribution is 2.33. The van der Waals surface area contributed by atoms with Crippen LogP contribution in [-0.4, -0.2) is 38.1 Å². The summed E-state index contributed by atoms with van der Waals surface area (Å²) in [6, 6.07) is 4.03. The molecule has 0 saturated carbocycles. The Morgan fingerprint density at radius 1 is 1.16 bits per heavy atom. The van der Waals surface area contributed by atoms with Gasteiger partial charge in [0.1, 0.15) is 11.5 Å². The van der Waals surface area contributed by atoms with Crippen LogP contribution in [0.4, 0.5) is 30.4 Å². The van der Waals surface area contributed by atoms with E-state index >= 15 is 0 Å². The van der Waals surface area contributed by atoms with Crippen LogP contribution in [0.2, 0.25) is 0 Å². The van der Waals surface area contributed by atoms with Gasteiger partial charge in [0.2, 0.25) is 0 Å². The lowest BCUT2D eigenvalue weighted by molar-refractivity contribution is -0.137. The molecule has 160 valence electrons. The van der Waals surface area contributed by atoms with E-state index in [1.807, 2.05) is 0 Å². The predicted molar refractivity (Wildman–Crippen MR) is 104 cm³/mol. The molecule has 0 radical (unpaired) electrons. The summed E-state index contributed by atoms with van der Waals surface area (Å²) in [5.41, 5.74) is 5.20. The molecular weight excluding hydrogens is 415 g/mol. The normalized spacial score (nSPS) is 16.2. The third kappa shape index (κ3) is 3.79. The summed E-state index contributed by atoms with van der Waals surface area (Å²) >= 11 is 0. The van der Waals surface area contributed by atoms with Gasteiger partial charge in [-0.05, 0) is 31.2 Å². The number of benzene rings is 1. The average Bonchev–Trinajstić information content (AvgIpc) is 3.15. The predicted octanol–water partition coefficient (Wildman–Crippen LogP) is 2.75. The minimum Gasteiger partial charge on any atom is -0.382 e. The van der Waals surface area contributed by atoms with Gasteiger partial charge in [0.25, 0.3) is 11.8 Å². The van der Waals surface area contributed by atoms with E-state index in [-0.39, 0.29) is 35.5 Å². The smallest absolute Gasteiger partial charge is 0.382 e. The molecule has 9 nitrogen and oxygen atoms in total. The van der Waals surface area contributed by atoms with Crippen LogP contribution in [0.3, 0.4) is 0 Å². The van der Waals surface area contributed by atoms with Gasteiger partial charge < -0.3 is 16.0 Å². The van der Waals surface area contributed by atoms with Crippen LogP contribution in [-0.2, 0) is 6.18 Å². The van der Waals surface area contributed by atoms with Crippen LogP contribution in [0.25, 0.3) is 0 Å². The molecule has 0 bridgehead atoms. The van der Waals surface area contributed by atoms with Crippen LogP contribution < -0.4 is 16.0 Å². The number of fused-ring (bicyclic) bond motifs is 1. The maximum absolute atomic E-state index is 13.1. The molecule has 0 unspecified atom stereocenters.